The van der Waals surface area contributed by atoms with Crippen LogP contribution in [0.3, 0.4) is 0 Å². The Bertz CT molecular complexity index is 1220. The molecule has 0 spiro atoms. The molecule has 1 amide bonds. The fourth-order valence-electron chi connectivity index (χ4n) is 3.96. The van der Waals surface area contributed by atoms with E-state index in [4.69, 9.17) is 5.14 Å². The average molecular weight is 473 g/mol. The van der Waals surface area contributed by atoms with Crippen molar-refractivity contribution < 1.29 is 13.2 Å². The molecule has 0 radical (unpaired) electrons. The minimum absolute atomic E-state index is 0.0330. The van der Waals surface area contributed by atoms with Crippen LogP contribution in [0.15, 0.2) is 58.6 Å². The van der Waals surface area contributed by atoms with Crippen LogP contribution in [-0.2, 0) is 27.9 Å². The third-order valence-corrected chi connectivity index (χ3v) is 7.84. The summed E-state index contributed by atoms with van der Waals surface area (Å²) in [5, 5.41) is 5.96. The molecule has 3 aromatic rings. The second-order valence-electron chi connectivity index (χ2n) is 8.21. The van der Waals surface area contributed by atoms with Gasteiger partial charge in [0.05, 0.1) is 21.7 Å². The molecule has 0 aliphatic heterocycles. The molecule has 7 nitrogen and oxygen atoms in total. The lowest BCUT2D eigenvalue weighted by molar-refractivity contribution is -0.131. The first-order chi connectivity index (χ1) is 15.3. The number of rotatable bonds is 9. The average Bonchev–Trinajstić information content (AvgIpc) is 3.56. The number of nitrogens with zero attached hydrogens (tertiary/aromatic N) is 3. The van der Waals surface area contributed by atoms with Gasteiger partial charge in [-0.25, -0.2) is 18.5 Å². The predicted molar refractivity (Wildman–Crippen MR) is 127 cm³/mol. The van der Waals surface area contributed by atoms with E-state index in [0.29, 0.717) is 29.7 Å². The number of sulfonamides is 1. The van der Waals surface area contributed by atoms with E-state index in [1.807, 2.05) is 46.7 Å². The summed E-state index contributed by atoms with van der Waals surface area (Å²) < 4.78 is 25.4. The number of aromatic nitrogens is 2. The minimum atomic E-state index is -3.80. The summed E-state index contributed by atoms with van der Waals surface area (Å²) in [6, 6.07) is 15.0. The Morgan fingerprint density at radius 1 is 1.25 bits per heavy atom. The van der Waals surface area contributed by atoms with Gasteiger partial charge in [-0.2, -0.15) is 0 Å². The summed E-state index contributed by atoms with van der Waals surface area (Å²) in [4.78, 5) is 19.9. The fourth-order valence-corrected chi connectivity index (χ4v) is 5.46. The van der Waals surface area contributed by atoms with Gasteiger partial charge in [0, 0.05) is 19.1 Å². The Morgan fingerprint density at radius 3 is 2.59 bits per heavy atom. The van der Waals surface area contributed by atoms with Gasteiger partial charge in [0.15, 0.2) is 5.16 Å². The van der Waals surface area contributed by atoms with Crippen LogP contribution in [0.2, 0.25) is 0 Å². The molecule has 1 aliphatic rings. The molecule has 1 heterocycles. The molecule has 2 N–H and O–H groups in total. The Kier molecular flexibility index (Phi) is 6.60. The van der Waals surface area contributed by atoms with Gasteiger partial charge >= 0.3 is 0 Å². The summed E-state index contributed by atoms with van der Waals surface area (Å²) in [5.41, 5.74) is 2.50. The van der Waals surface area contributed by atoms with Gasteiger partial charge in [-0.15, -0.1) is 0 Å². The largest absolute Gasteiger partial charge is 0.335 e. The maximum absolute atomic E-state index is 13.3. The maximum atomic E-state index is 13.3. The van der Waals surface area contributed by atoms with Gasteiger partial charge in [0.25, 0.3) is 0 Å². The van der Waals surface area contributed by atoms with E-state index in [9.17, 15) is 13.2 Å². The highest BCUT2D eigenvalue weighted by Crippen LogP contribution is 2.36. The van der Waals surface area contributed by atoms with Crippen molar-refractivity contribution in [3.05, 3.63) is 54.1 Å². The van der Waals surface area contributed by atoms with E-state index in [1.54, 1.807) is 6.07 Å². The van der Waals surface area contributed by atoms with Crippen LogP contribution >= 0.6 is 11.8 Å². The third-order valence-electron chi connectivity index (χ3n) is 5.97. The number of primary sulfonamides is 1. The zero-order valence-electron chi connectivity index (χ0n) is 18.3. The molecule has 0 saturated heterocycles. The zero-order chi connectivity index (χ0) is 22.9. The van der Waals surface area contributed by atoms with Crippen LogP contribution in [-0.4, -0.2) is 40.6 Å². The second kappa shape index (κ2) is 9.25. The first-order valence-electron chi connectivity index (χ1n) is 10.8. The van der Waals surface area contributed by atoms with Gasteiger partial charge in [-0.3, -0.25) is 4.79 Å². The molecule has 0 bridgehead atoms. The van der Waals surface area contributed by atoms with Crippen molar-refractivity contribution in [1.29, 1.82) is 0 Å². The summed E-state index contributed by atoms with van der Waals surface area (Å²) in [6.45, 7) is 5.39. The number of carbonyl (C=O) groups excluding carboxylic acids is 1. The van der Waals surface area contributed by atoms with Crippen LogP contribution in [0.5, 0.6) is 0 Å². The summed E-state index contributed by atoms with van der Waals surface area (Å²) in [7, 11) is -3.80. The number of hydrogen-bond donors (Lipinski definition) is 1. The van der Waals surface area contributed by atoms with Gasteiger partial charge in [-0.05, 0) is 56.4 Å². The quantitative estimate of drug-likeness (QED) is 0.480. The molecule has 32 heavy (non-hydrogen) atoms. The van der Waals surface area contributed by atoms with Crippen molar-refractivity contribution in [3.8, 4) is 0 Å². The normalized spacial score (nSPS) is 15.1. The Morgan fingerprint density at radius 2 is 1.97 bits per heavy atom. The molecule has 1 aliphatic carbocycles. The maximum Gasteiger partial charge on any atom is 0.238 e. The van der Waals surface area contributed by atoms with Crippen LogP contribution < -0.4 is 5.14 Å². The number of benzene rings is 2. The number of imidazole rings is 1. The topological polar surface area (TPSA) is 98.3 Å². The Hall–Kier alpha value is -2.36. The van der Waals surface area contributed by atoms with E-state index in [1.165, 1.54) is 36.7 Å². The summed E-state index contributed by atoms with van der Waals surface area (Å²) in [5.74, 6) is 0.928. The fraction of sp³-hybridized carbons (Fsp3) is 0.391. The standard InChI is InChI=1S/C23H28N4O3S2/c1-3-26-21-12-11-19(32(24,29)30)13-20(21)25-23(26)31-15-22(28)27(16(2)18-9-10-18)14-17-7-5-4-6-8-17/h4-8,11-13,16,18H,3,9-10,14-15H2,1-2H3,(H2,24,29,30)/t16-/m1/s1. The zero-order valence-corrected chi connectivity index (χ0v) is 19.9. The molecule has 1 aromatic heterocycles. The van der Waals surface area contributed by atoms with E-state index in [2.05, 4.69) is 11.9 Å². The van der Waals surface area contributed by atoms with Gasteiger partial charge < -0.3 is 9.47 Å². The Balaban J connectivity index is 1.54. The number of nitrogens with two attached hydrogens (primary N) is 1. The van der Waals surface area contributed by atoms with E-state index < -0.39 is 10.0 Å². The molecule has 9 heteroatoms. The first kappa shape index (κ1) is 22.8. The number of carbonyl (C=O) groups is 1. The molecular weight excluding hydrogens is 444 g/mol. The molecule has 2 aromatic carbocycles. The van der Waals surface area contributed by atoms with E-state index in [0.717, 1.165) is 11.1 Å². The highest BCUT2D eigenvalue weighted by Gasteiger charge is 2.34. The molecule has 170 valence electrons. The van der Waals surface area contributed by atoms with E-state index in [-0.39, 0.29) is 22.6 Å². The van der Waals surface area contributed by atoms with Crippen LogP contribution in [0, 0.1) is 5.92 Å². The van der Waals surface area contributed by atoms with Crippen LogP contribution in [0.25, 0.3) is 11.0 Å². The highest BCUT2D eigenvalue weighted by molar-refractivity contribution is 7.99. The van der Waals surface area contributed by atoms with Crippen molar-refractivity contribution in [1.82, 2.24) is 14.5 Å². The monoisotopic (exact) mass is 472 g/mol. The van der Waals surface area contributed by atoms with Crippen molar-refractivity contribution >= 4 is 38.7 Å². The highest BCUT2D eigenvalue weighted by atomic mass is 32.2. The number of aryl methyl sites for hydroxylation is 1. The third kappa shape index (κ3) is 5.00. The smallest absolute Gasteiger partial charge is 0.238 e. The molecular formula is C23H28N4O3S2. The lowest BCUT2D eigenvalue weighted by atomic mass is 10.1. The molecule has 4 rings (SSSR count). The molecule has 1 saturated carbocycles. The number of amides is 1. The van der Waals surface area contributed by atoms with Crippen molar-refractivity contribution in [2.24, 2.45) is 11.1 Å². The number of hydrogen-bond acceptors (Lipinski definition) is 5. The molecule has 1 fully saturated rings. The lowest BCUT2D eigenvalue weighted by Crippen LogP contribution is -2.40. The van der Waals surface area contributed by atoms with Gasteiger partial charge in [0.1, 0.15) is 0 Å². The SMILES string of the molecule is CCn1c(SCC(=O)N(Cc2ccccc2)[C@H](C)C2CC2)nc2cc(S(N)(=O)=O)ccc21. The van der Waals surface area contributed by atoms with Gasteiger partial charge in [-0.1, -0.05) is 42.1 Å². The van der Waals surface area contributed by atoms with Gasteiger partial charge in [0.2, 0.25) is 15.9 Å². The van der Waals surface area contributed by atoms with E-state index >= 15 is 0 Å². The van der Waals surface area contributed by atoms with Crippen molar-refractivity contribution in [2.75, 3.05) is 5.75 Å². The lowest BCUT2D eigenvalue weighted by Gasteiger charge is -2.29. The molecule has 1 atom stereocenters. The summed E-state index contributed by atoms with van der Waals surface area (Å²) >= 11 is 1.39. The van der Waals surface area contributed by atoms with Crippen molar-refractivity contribution in [2.45, 2.75) is 55.9 Å². The van der Waals surface area contributed by atoms with Crippen LogP contribution in [0.4, 0.5) is 0 Å². The van der Waals surface area contributed by atoms with Crippen molar-refractivity contribution in [3.63, 3.8) is 0 Å². The van der Waals surface area contributed by atoms with Crippen LogP contribution in [0.1, 0.15) is 32.3 Å². The first-order valence-corrected chi connectivity index (χ1v) is 13.3. The second-order valence-corrected chi connectivity index (χ2v) is 10.7. The Labute approximate surface area is 193 Å². The summed E-state index contributed by atoms with van der Waals surface area (Å²) in [6.07, 6.45) is 2.34. The molecule has 0 unspecified atom stereocenters. The predicted octanol–water partition coefficient (Wildman–Crippen LogP) is 3.62. The minimum Gasteiger partial charge on any atom is -0.335 e. The number of thioether (sulfide) groups is 1. The number of fused-ring (bicyclic) bond motifs is 1.